The molecule has 0 aliphatic carbocycles. The van der Waals surface area contributed by atoms with E-state index in [1.807, 2.05) is 30.3 Å². The first kappa shape index (κ1) is 18.2. The van der Waals surface area contributed by atoms with Crippen LogP contribution in [0.25, 0.3) is 10.9 Å². The van der Waals surface area contributed by atoms with Gasteiger partial charge >= 0.3 is 0 Å². The van der Waals surface area contributed by atoms with E-state index in [9.17, 15) is 9.59 Å². The van der Waals surface area contributed by atoms with Crippen LogP contribution in [0, 0.1) is 0 Å². The lowest BCUT2D eigenvalue weighted by Crippen LogP contribution is -2.35. The summed E-state index contributed by atoms with van der Waals surface area (Å²) < 4.78 is 5.42. The maximum atomic E-state index is 13.0. The van der Waals surface area contributed by atoms with E-state index in [-0.39, 0.29) is 17.9 Å². The van der Waals surface area contributed by atoms with Crippen LogP contribution in [0.4, 0.5) is 5.13 Å². The minimum absolute atomic E-state index is 0.0836. The summed E-state index contributed by atoms with van der Waals surface area (Å²) in [5.41, 5.74) is 2.21. The molecule has 1 N–H and O–H groups in total. The smallest absolute Gasteiger partial charge is 0.272 e. The number of carbonyl (C=O) groups is 2. The predicted octanol–water partition coefficient (Wildman–Crippen LogP) is 3.01. The van der Waals surface area contributed by atoms with Crippen LogP contribution in [0.3, 0.4) is 0 Å². The van der Waals surface area contributed by atoms with Gasteiger partial charge in [0.2, 0.25) is 0 Å². The highest BCUT2D eigenvalue weighted by atomic mass is 32.1. The number of ether oxygens (including phenoxy) is 1. The van der Waals surface area contributed by atoms with Gasteiger partial charge in [0.1, 0.15) is 11.8 Å². The van der Waals surface area contributed by atoms with Gasteiger partial charge in [-0.15, -0.1) is 0 Å². The molecular formula is C21H20N4O3S. The zero-order chi connectivity index (χ0) is 19.8. The van der Waals surface area contributed by atoms with Crippen molar-refractivity contribution >= 4 is 39.2 Å². The van der Waals surface area contributed by atoms with Gasteiger partial charge in [0, 0.05) is 29.8 Å². The van der Waals surface area contributed by atoms with Crippen LogP contribution in [-0.4, -0.2) is 45.9 Å². The van der Waals surface area contributed by atoms with Crippen molar-refractivity contribution in [3.63, 3.8) is 0 Å². The molecule has 0 spiro atoms. The minimum Gasteiger partial charge on any atom is -0.368 e. The highest BCUT2D eigenvalue weighted by Gasteiger charge is 2.28. The number of anilines is 1. The molecule has 2 aliphatic rings. The number of nitrogens with one attached hydrogen (secondary N) is 1. The molecule has 29 heavy (non-hydrogen) atoms. The summed E-state index contributed by atoms with van der Waals surface area (Å²) in [6, 6.07) is 11.5. The van der Waals surface area contributed by atoms with E-state index in [1.165, 1.54) is 11.3 Å². The molecule has 148 valence electrons. The van der Waals surface area contributed by atoms with Crippen molar-refractivity contribution < 1.29 is 14.3 Å². The topological polar surface area (TPSA) is 84.4 Å². The van der Waals surface area contributed by atoms with E-state index in [0.29, 0.717) is 36.9 Å². The van der Waals surface area contributed by atoms with E-state index in [4.69, 9.17) is 4.74 Å². The van der Waals surface area contributed by atoms with Crippen LogP contribution < -0.4 is 5.32 Å². The SMILES string of the molecule is O=C(Nc1nc2c(s1)CN(C(=O)c1ccc3ccccc3n1)CC2)C1CCCO1. The zero-order valence-corrected chi connectivity index (χ0v) is 16.6. The first-order valence-electron chi connectivity index (χ1n) is 9.73. The molecule has 4 heterocycles. The number of amides is 2. The number of carbonyl (C=O) groups excluding carboxylic acids is 2. The van der Waals surface area contributed by atoms with E-state index in [1.54, 1.807) is 11.0 Å². The molecule has 1 unspecified atom stereocenters. The van der Waals surface area contributed by atoms with Gasteiger partial charge in [-0.2, -0.15) is 0 Å². The Kier molecular flexibility index (Phi) is 4.73. The number of nitrogens with zero attached hydrogens (tertiary/aromatic N) is 3. The number of para-hydroxylation sites is 1. The lowest BCUT2D eigenvalue weighted by atomic mass is 10.1. The van der Waals surface area contributed by atoms with E-state index in [2.05, 4.69) is 15.3 Å². The third-order valence-corrected chi connectivity index (χ3v) is 6.29. The average Bonchev–Trinajstić information content (AvgIpc) is 3.42. The Hall–Kier alpha value is -2.84. The summed E-state index contributed by atoms with van der Waals surface area (Å²) in [4.78, 5) is 37.1. The molecule has 0 bridgehead atoms. The molecule has 2 amide bonds. The van der Waals surface area contributed by atoms with Crippen LogP contribution >= 0.6 is 11.3 Å². The standard InChI is InChI=1S/C21H20N4O3S/c26-19(17-6-3-11-28-17)24-21-23-15-9-10-25(12-18(15)29-21)20(27)16-8-7-13-4-1-2-5-14(13)22-16/h1-2,4-5,7-8,17H,3,6,9-12H2,(H,23,24,26). The molecule has 0 saturated carbocycles. The van der Waals surface area contributed by atoms with Crippen molar-refractivity contribution in [2.45, 2.75) is 31.9 Å². The first-order chi connectivity index (χ1) is 14.2. The predicted molar refractivity (Wildman–Crippen MR) is 110 cm³/mol. The Bertz CT molecular complexity index is 1090. The molecule has 2 aliphatic heterocycles. The van der Waals surface area contributed by atoms with E-state index in [0.717, 1.165) is 34.3 Å². The second kappa shape index (κ2) is 7.53. The Morgan fingerprint density at radius 1 is 1.17 bits per heavy atom. The largest absolute Gasteiger partial charge is 0.368 e. The van der Waals surface area contributed by atoms with Crippen molar-refractivity contribution in [1.29, 1.82) is 0 Å². The Morgan fingerprint density at radius 3 is 2.93 bits per heavy atom. The number of fused-ring (bicyclic) bond motifs is 2. The van der Waals surface area contributed by atoms with Gasteiger partial charge in [0.05, 0.1) is 17.8 Å². The molecule has 7 nitrogen and oxygen atoms in total. The summed E-state index contributed by atoms with van der Waals surface area (Å²) in [5.74, 6) is -0.221. The lowest BCUT2D eigenvalue weighted by molar-refractivity contribution is -0.124. The summed E-state index contributed by atoms with van der Waals surface area (Å²) in [6.45, 7) is 1.70. The van der Waals surface area contributed by atoms with Gasteiger partial charge in [0.15, 0.2) is 5.13 Å². The second-order valence-electron chi connectivity index (χ2n) is 7.25. The highest BCUT2D eigenvalue weighted by molar-refractivity contribution is 7.15. The molecule has 1 atom stereocenters. The molecule has 1 fully saturated rings. The number of pyridine rings is 1. The Balaban J connectivity index is 1.30. The van der Waals surface area contributed by atoms with Gasteiger partial charge in [-0.1, -0.05) is 35.6 Å². The molecule has 3 aromatic rings. The van der Waals surface area contributed by atoms with Crippen molar-refractivity contribution in [2.75, 3.05) is 18.5 Å². The van der Waals surface area contributed by atoms with Gasteiger partial charge < -0.3 is 9.64 Å². The maximum Gasteiger partial charge on any atom is 0.272 e. The number of rotatable bonds is 3. The van der Waals surface area contributed by atoms with Crippen LogP contribution in [-0.2, 0) is 22.5 Å². The van der Waals surface area contributed by atoms with Gasteiger partial charge in [0.25, 0.3) is 11.8 Å². The fraction of sp³-hybridized carbons (Fsp3) is 0.333. The average molecular weight is 408 g/mol. The summed E-state index contributed by atoms with van der Waals surface area (Å²) in [7, 11) is 0. The highest BCUT2D eigenvalue weighted by Crippen LogP contribution is 2.29. The van der Waals surface area contributed by atoms with Gasteiger partial charge in [-0.3, -0.25) is 14.9 Å². The fourth-order valence-electron chi connectivity index (χ4n) is 3.74. The Labute approximate surface area is 171 Å². The molecule has 2 aromatic heterocycles. The van der Waals surface area contributed by atoms with E-state index >= 15 is 0 Å². The second-order valence-corrected chi connectivity index (χ2v) is 8.33. The van der Waals surface area contributed by atoms with Crippen LogP contribution in [0.1, 0.15) is 33.9 Å². The van der Waals surface area contributed by atoms with Gasteiger partial charge in [-0.05, 0) is 25.0 Å². The van der Waals surface area contributed by atoms with Crippen LogP contribution in [0.5, 0.6) is 0 Å². The summed E-state index contributed by atoms with van der Waals surface area (Å²) >= 11 is 1.43. The van der Waals surface area contributed by atoms with Crippen molar-refractivity contribution in [2.24, 2.45) is 0 Å². The lowest BCUT2D eigenvalue weighted by Gasteiger charge is -2.25. The Morgan fingerprint density at radius 2 is 2.07 bits per heavy atom. The van der Waals surface area contributed by atoms with Crippen molar-refractivity contribution in [3.8, 4) is 0 Å². The molecule has 1 saturated heterocycles. The quantitative estimate of drug-likeness (QED) is 0.720. The normalized spacial score (nSPS) is 18.6. The number of benzene rings is 1. The number of hydrogen-bond acceptors (Lipinski definition) is 6. The number of hydrogen-bond donors (Lipinski definition) is 1. The van der Waals surface area contributed by atoms with Crippen molar-refractivity contribution in [3.05, 3.63) is 52.7 Å². The van der Waals surface area contributed by atoms with Crippen molar-refractivity contribution in [1.82, 2.24) is 14.9 Å². The first-order valence-corrected chi connectivity index (χ1v) is 10.5. The molecule has 5 rings (SSSR count). The third-order valence-electron chi connectivity index (χ3n) is 5.29. The third kappa shape index (κ3) is 3.61. The van der Waals surface area contributed by atoms with Crippen LogP contribution in [0.2, 0.25) is 0 Å². The monoisotopic (exact) mass is 408 g/mol. The molecule has 8 heteroatoms. The zero-order valence-electron chi connectivity index (χ0n) is 15.8. The molecule has 1 aromatic carbocycles. The minimum atomic E-state index is -0.381. The van der Waals surface area contributed by atoms with Crippen LogP contribution in [0.15, 0.2) is 36.4 Å². The fourth-order valence-corrected chi connectivity index (χ4v) is 4.77. The summed E-state index contributed by atoms with van der Waals surface area (Å²) in [5, 5.41) is 4.46. The van der Waals surface area contributed by atoms with E-state index < -0.39 is 0 Å². The number of aromatic nitrogens is 2. The molecule has 0 radical (unpaired) electrons. The number of thiazole rings is 1. The van der Waals surface area contributed by atoms with Gasteiger partial charge in [-0.25, -0.2) is 9.97 Å². The molecular weight excluding hydrogens is 388 g/mol. The maximum absolute atomic E-state index is 13.0. The summed E-state index contributed by atoms with van der Waals surface area (Å²) in [6.07, 6.45) is 1.94.